The minimum Gasteiger partial charge on any atom is -0.491 e. The van der Waals surface area contributed by atoms with Gasteiger partial charge in [0.15, 0.2) is 0 Å². The molecule has 0 unspecified atom stereocenters. The third-order valence-corrected chi connectivity index (χ3v) is 4.29. The van der Waals surface area contributed by atoms with Crippen LogP contribution in [0.3, 0.4) is 0 Å². The van der Waals surface area contributed by atoms with Crippen LogP contribution in [-0.2, 0) is 11.3 Å². The van der Waals surface area contributed by atoms with Crippen LogP contribution < -0.4 is 10.1 Å². The summed E-state index contributed by atoms with van der Waals surface area (Å²) in [7, 11) is 0. The van der Waals surface area contributed by atoms with E-state index in [9.17, 15) is 0 Å². The van der Waals surface area contributed by atoms with Crippen molar-refractivity contribution in [1.29, 1.82) is 0 Å². The second-order valence-electron chi connectivity index (χ2n) is 6.65. The zero-order valence-electron chi connectivity index (χ0n) is 14.6. The van der Waals surface area contributed by atoms with Gasteiger partial charge in [0.05, 0.1) is 24.9 Å². The maximum Gasteiger partial charge on any atom is 0.120 e. The number of benzene rings is 2. The van der Waals surface area contributed by atoms with Gasteiger partial charge in [0.1, 0.15) is 5.75 Å². The Morgan fingerprint density at radius 2 is 1.92 bits per heavy atom. The molecule has 3 nitrogen and oxygen atoms in total. The third-order valence-electron chi connectivity index (χ3n) is 4.29. The van der Waals surface area contributed by atoms with Gasteiger partial charge in [-0.05, 0) is 56.5 Å². The molecular formula is C21H27NO2. The predicted molar refractivity (Wildman–Crippen MR) is 97.2 cm³/mol. The molecule has 1 saturated heterocycles. The van der Waals surface area contributed by atoms with Crippen LogP contribution in [0.1, 0.15) is 43.9 Å². The highest BCUT2D eigenvalue weighted by Crippen LogP contribution is 2.27. The molecule has 2 atom stereocenters. The van der Waals surface area contributed by atoms with Crippen LogP contribution in [0.25, 0.3) is 0 Å². The number of rotatable bonds is 6. The van der Waals surface area contributed by atoms with Crippen molar-refractivity contribution in [3.8, 4) is 5.75 Å². The van der Waals surface area contributed by atoms with Crippen molar-refractivity contribution in [1.82, 2.24) is 5.32 Å². The van der Waals surface area contributed by atoms with Crippen LogP contribution in [-0.4, -0.2) is 18.8 Å². The topological polar surface area (TPSA) is 30.5 Å². The van der Waals surface area contributed by atoms with Crippen LogP contribution >= 0.6 is 0 Å². The van der Waals surface area contributed by atoms with E-state index in [0.29, 0.717) is 6.61 Å². The number of nitrogens with one attached hydrogen (secondary N) is 1. The van der Waals surface area contributed by atoms with Gasteiger partial charge in [-0.15, -0.1) is 0 Å². The van der Waals surface area contributed by atoms with Crippen molar-refractivity contribution in [2.75, 3.05) is 6.54 Å². The zero-order chi connectivity index (χ0) is 16.8. The first-order valence-electron chi connectivity index (χ1n) is 8.88. The molecule has 2 aromatic rings. The van der Waals surface area contributed by atoms with Crippen LogP contribution in [0.4, 0.5) is 0 Å². The summed E-state index contributed by atoms with van der Waals surface area (Å²) < 4.78 is 12.0. The molecule has 0 aliphatic carbocycles. The van der Waals surface area contributed by atoms with E-state index < -0.39 is 0 Å². The van der Waals surface area contributed by atoms with E-state index >= 15 is 0 Å². The van der Waals surface area contributed by atoms with Gasteiger partial charge >= 0.3 is 0 Å². The van der Waals surface area contributed by atoms with E-state index in [0.717, 1.165) is 30.7 Å². The molecule has 3 rings (SSSR count). The van der Waals surface area contributed by atoms with E-state index in [1.165, 1.54) is 5.56 Å². The van der Waals surface area contributed by atoms with Gasteiger partial charge in [0.2, 0.25) is 0 Å². The first-order valence-corrected chi connectivity index (χ1v) is 8.88. The lowest BCUT2D eigenvalue weighted by Crippen LogP contribution is -2.39. The molecule has 0 aromatic heterocycles. The smallest absolute Gasteiger partial charge is 0.120 e. The lowest BCUT2D eigenvalue weighted by Gasteiger charge is -2.33. The molecule has 1 aliphatic rings. The van der Waals surface area contributed by atoms with Crippen molar-refractivity contribution >= 4 is 0 Å². The van der Waals surface area contributed by atoms with E-state index in [4.69, 9.17) is 9.47 Å². The van der Waals surface area contributed by atoms with Crippen LogP contribution in [0.2, 0.25) is 0 Å². The molecule has 1 aliphatic heterocycles. The Balaban J connectivity index is 1.64. The molecule has 1 N–H and O–H groups in total. The van der Waals surface area contributed by atoms with Gasteiger partial charge in [-0.3, -0.25) is 0 Å². The maximum absolute atomic E-state index is 6.28. The average molecular weight is 325 g/mol. The van der Waals surface area contributed by atoms with Gasteiger partial charge in [-0.1, -0.05) is 42.5 Å². The SMILES string of the molecule is CC(C)Oc1cccc(CO[C@H]2CCCN[C@H]2c2ccccc2)c1. The summed E-state index contributed by atoms with van der Waals surface area (Å²) in [6.07, 6.45) is 2.64. The van der Waals surface area contributed by atoms with Crippen molar-refractivity contribution in [3.63, 3.8) is 0 Å². The lowest BCUT2D eigenvalue weighted by atomic mass is 9.94. The van der Waals surface area contributed by atoms with Crippen molar-refractivity contribution in [2.24, 2.45) is 0 Å². The Hall–Kier alpha value is -1.84. The monoisotopic (exact) mass is 325 g/mol. The number of hydrogen-bond acceptors (Lipinski definition) is 3. The summed E-state index contributed by atoms with van der Waals surface area (Å²) in [6.45, 7) is 5.75. The largest absolute Gasteiger partial charge is 0.491 e. The summed E-state index contributed by atoms with van der Waals surface area (Å²) >= 11 is 0. The Bertz CT molecular complexity index is 627. The Morgan fingerprint density at radius 3 is 2.71 bits per heavy atom. The van der Waals surface area contributed by atoms with Crippen LogP contribution in [0, 0.1) is 0 Å². The standard InChI is InChI=1S/C21H27NO2/c1-16(2)24-19-11-6-8-17(14-19)15-23-20-12-7-13-22-21(20)18-9-4-3-5-10-18/h3-6,8-11,14,16,20-22H,7,12-13,15H2,1-2H3/t20-,21-/m0/s1. The van der Waals surface area contributed by atoms with E-state index in [-0.39, 0.29) is 18.2 Å². The van der Waals surface area contributed by atoms with E-state index in [1.807, 2.05) is 26.0 Å². The molecule has 128 valence electrons. The summed E-state index contributed by atoms with van der Waals surface area (Å²) in [4.78, 5) is 0. The maximum atomic E-state index is 6.28. The first-order chi connectivity index (χ1) is 11.7. The van der Waals surface area contributed by atoms with Crippen molar-refractivity contribution in [3.05, 3.63) is 65.7 Å². The normalized spacial score (nSPS) is 21.0. The summed E-state index contributed by atoms with van der Waals surface area (Å²) in [5.41, 5.74) is 2.46. The third kappa shape index (κ3) is 4.59. The van der Waals surface area contributed by atoms with Crippen LogP contribution in [0.15, 0.2) is 54.6 Å². The summed E-state index contributed by atoms with van der Waals surface area (Å²) in [6, 6.07) is 19.1. The Kier molecular flexibility index (Phi) is 5.89. The second kappa shape index (κ2) is 8.32. The van der Waals surface area contributed by atoms with Crippen LogP contribution in [0.5, 0.6) is 5.75 Å². The molecule has 0 spiro atoms. The molecule has 24 heavy (non-hydrogen) atoms. The first kappa shape index (κ1) is 17.0. The highest BCUT2D eigenvalue weighted by atomic mass is 16.5. The van der Waals surface area contributed by atoms with Gasteiger partial charge in [0.25, 0.3) is 0 Å². The lowest BCUT2D eigenvalue weighted by molar-refractivity contribution is -0.00366. The number of ether oxygens (including phenoxy) is 2. The molecule has 0 bridgehead atoms. The fourth-order valence-electron chi connectivity index (χ4n) is 3.22. The fourth-order valence-corrected chi connectivity index (χ4v) is 3.22. The predicted octanol–water partition coefficient (Wildman–Crippen LogP) is 4.48. The molecule has 1 heterocycles. The second-order valence-corrected chi connectivity index (χ2v) is 6.65. The summed E-state index contributed by atoms with van der Waals surface area (Å²) in [5.74, 6) is 0.910. The minimum atomic E-state index is 0.186. The Morgan fingerprint density at radius 1 is 1.08 bits per heavy atom. The zero-order valence-corrected chi connectivity index (χ0v) is 14.6. The van der Waals surface area contributed by atoms with Gasteiger partial charge in [-0.25, -0.2) is 0 Å². The van der Waals surface area contributed by atoms with Gasteiger partial charge in [-0.2, -0.15) is 0 Å². The van der Waals surface area contributed by atoms with Crippen molar-refractivity contribution in [2.45, 2.75) is 51.5 Å². The molecule has 0 saturated carbocycles. The molecule has 0 amide bonds. The highest BCUT2D eigenvalue weighted by molar-refractivity contribution is 5.28. The molecule has 0 radical (unpaired) electrons. The molecule has 2 aromatic carbocycles. The number of hydrogen-bond donors (Lipinski definition) is 1. The Labute approximate surface area is 145 Å². The van der Waals surface area contributed by atoms with E-state index in [1.54, 1.807) is 0 Å². The fraction of sp³-hybridized carbons (Fsp3) is 0.429. The average Bonchev–Trinajstić information content (AvgIpc) is 2.61. The number of piperidine rings is 1. The summed E-state index contributed by atoms with van der Waals surface area (Å²) in [5, 5.41) is 3.61. The quantitative estimate of drug-likeness (QED) is 0.849. The minimum absolute atomic E-state index is 0.186. The van der Waals surface area contributed by atoms with Gasteiger partial charge in [0, 0.05) is 0 Å². The molecule has 3 heteroatoms. The van der Waals surface area contributed by atoms with Crippen molar-refractivity contribution < 1.29 is 9.47 Å². The van der Waals surface area contributed by atoms with E-state index in [2.05, 4.69) is 47.8 Å². The molecular weight excluding hydrogens is 298 g/mol. The van der Waals surface area contributed by atoms with Gasteiger partial charge < -0.3 is 14.8 Å². The molecule has 1 fully saturated rings. The highest BCUT2D eigenvalue weighted by Gasteiger charge is 2.26.